The molecule has 1 saturated heterocycles. The first-order valence-corrected chi connectivity index (χ1v) is 10.9. The summed E-state index contributed by atoms with van der Waals surface area (Å²) in [5.41, 5.74) is -0.304. The molecular formula is C21H30N6O3. The molecule has 2 N–H and O–H groups in total. The van der Waals surface area contributed by atoms with E-state index in [2.05, 4.69) is 20.4 Å². The van der Waals surface area contributed by atoms with Crippen LogP contribution in [0.3, 0.4) is 0 Å². The number of rotatable bonds is 5. The molecule has 162 valence electrons. The summed E-state index contributed by atoms with van der Waals surface area (Å²) in [4.78, 5) is 26.3. The highest BCUT2D eigenvalue weighted by Crippen LogP contribution is 2.28. The molecule has 9 heteroatoms. The Morgan fingerprint density at radius 1 is 1.00 bits per heavy atom. The van der Waals surface area contributed by atoms with Crippen molar-refractivity contribution in [2.75, 3.05) is 23.3 Å². The van der Waals surface area contributed by atoms with E-state index in [0.717, 1.165) is 50.9 Å². The summed E-state index contributed by atoms with van der Waals surface area (Å²) in [6, 6.07) is 6.50. The van der Waals surface area contributed by atoms with Gasteiger partial charge in [-0.25, -0.2) is 9.36 Å². The molecule has 9 nitrogen and oxygen atoms in total. The normalized spacial score (nSPS) is 24.6. The number of aliphatic hydroxyl groups excluding tert-OH is 1. The third-order valence-electron chi connectivity index (χ3n) is 6.22. The van der Waals surface area contributed by atoms with Crippen molar-refractivity contribution in [3.05, 3.63) is 45.0 Å². The molecule has 30 heavy (non-hydrogen) atoms. The molecular weight excluding hydrogens is 384 g/mol. The second-order valence-electron chi connectivity index (χ2n) is 8.30. The van der Waals surface area contributed by atoms with Gasteiger partial charge in [0.05, 0.1) is 12.1 Å². The zero-order chi connectivity index (χ0) is 21.1. The molecule has 0 spiro atoms. The van der Waals surface area contributed by atoms with Crippen molar-refractivity contribution in [2.24, 2.45) is 7.05 Å². The lowest BCUT2D eigenvalue weighted by Crippen LogP contribution is -2.45. The molecule has 2 fully saturated rings. The average molecular weight is 415 g/mol. The van der Waals surface area contributed by atoms with Crippen LogP contribution in [0.5, 0.6) is 0 Å². The van der Waals surface area contributed by atoms with Gasteiger partial charge in [-0.3, -0.25) is 9.59 Å². The fraction of sp³-hybridized carbons (Fsp3) is 0.619. The van der Waals surface area contributed by atoms with Gasteiger partial charge in [-0.2, -0.15) is 10.2 Å². The maximum atomic E-state index is 12.5. The van der Waals surface area contributed by atoms with Gasteiger partial charge >= 0.3 is 0 Å². The quantitative estimate of drug-likeness (QED) is 0.759. The third kappa shape index (κ3) is 4.40. The van der Waals surface area contributed by atoms with E-state index in [1.54, 1.807) is 25.2 Å². The lowest BCUT2D eigenvalue weighted by Gasteiger charge is -2.37. The number of hydrogen-bond donors (Lipinski definition) is 2. The molecule has 1 aliphatic heterocycles. The molecule has 3 atom stereocenters. The number of aryl methyl sites for hydroxylation is 1. The van der Waals surface area contributed by atoms with E-state index in [-0.39, 0.29) is 23.2 Å². The summed E-state index contributed by atoms with van der Waals surface area (Å²) in [6.07, 6.45) is 6.17. The molecule has 2 aliphatic rings. The Labute approximate surface area is 175 Å². The summed E-state index contributed by atoms with van der Waals surface area (Å²) in [7, 11) is 1.63. The molecule has 0 bridgehead atoms. The second-order valence-corrected chi connectivity index (χ2v) is 8.30. The lowest BCUT2D eigenvalue weighted by molar-refractivity contribution is 0.0669. The van der Waals surface area contributed by atoms with Crippen molar-refractivity contribution in [2.45, 2.75) is 63.1 Å². The van der Waals surface area contributed by atoms with Gasteiger partial charge in [0.25, 0.3) is 11.1 Å². The van der Waals surface area contributed by atoms with Gasteiger partial charge in [-0.15, -0.1) is 0 Å². The van der Waals surface area contributed by atoms with Crippen molar-refractivity contribution in [3.63, 3.8) is 0 Å². The molecule has 1 saturated carbocycles. The van der Waals surface area contributed by atoms with Crippen LogP contribution >= 0.6 is 0 Å². The molecule has 3 unspecified atom stereocenters. The Morgan fingerprint density at radius 3 is 2.57 bits per heavy atom. The van der Waals surface area contributed by atoms with Gasteiger partial charge < -0.3 is 15.3 Å². The largest absolute Gasteiger partial charge is 0.391 e. The van der Waals surface area contributed by atoms with Gasteiger partial charge in [-0.1, -0.05) is 12.8 Å². The van der Waals surface area contributed by atoms with Crippen LogP contribution in [0.2, 0.25) is 0 Å². The van der Waals surface area contributed by atoms with Crippen LogP contribution < -0.4 is 21.3 Å². The van der Waals surface area contributed by atoms with Crippen LogP contribution in [-0.4, -0.2) is 49.9 Å². The molecule has 0 amide bonds. The number of piperidine rings is 1. The minimum absolute atomic E-state index is 0.142. The molecule has 0 aromatic carbocycles. The standard InChI is InChI=1S/C21H30N6O3/c1-25-20(29)11-9-18(23-25)22-14-15-6-4-5-13-26(15)19-10-12-21(30)27(24-19)16-7-2-3-8-17(16)28/h9-12,15-17,28H,2-8,13-14H2,1H3,(H,22,23). The number of nitrogens with one attached hydrogen (secondary N) is 1. The minimum atomic E-state index is -0.520. The van der Waals surface area contributed by atoms with Gasteiger partial charge in [0.1, 0.15) is 11.6 Å². The van der Waals surface area contributed by atoms with Crippen LogP contribution in [0.15, 0.2) is 33.9 Å². The van der Waals surface area contributed by atoms with Gasteiger partial charge in [-0.05, 0) is 44.2 Å². The predicted molar refractivity (Wildman–Crippen MR) is 115 cm³/mol. The number of hydrogen-bond acceptors (Lipinski definition) is 7. The molecule has 1 aliphatic carbocycles. The van der Waals surface area contributed by atoms with E-state index >= 15 is 0 Å². The zero-order valence-electron chi connectivity index (χ0n) is 17.4. The fourth-order valence-corrected chi connectivity index (χ4v) is 4.52. The first kappa shape index (κ1) is 20.6. The van der Waals surface area contributed by atoms with E-state index in [4.69, 9.17) is 0 Å². The Morgan fingerprint density at radius 2 is 1.77 bits per heavy atom. The molecule has 2 aromatic heterocycles. The second kappa shape index (κ2) is 8.99. The van der Waals surface area contributed by atoms with E-state index in [1.807, 2.05) is 0 Å². The predicted octanol–water partition coefficient (Wildman–Crippen LogP) is 1.28. The summed E-state index contributed by atoms with van der Waals surface area (Å²) in [5, 5.41) is 22.6. The van der Waals surface area contributed by atoms with Gasteiger partial charge in [0.15, 0.2) is 0 Å². The van der Waals surface area contributed by atoms with E-state index in [9.17, 15) is 14.7 Å². The average Bonchev–Trinajstić information content (AvgIpc) is 2.76. The van der Waals surface area contributed by atoms with Crippen molar-refractivity contribution in [1.82, 2.24) is 19.6 Å². The van der Waals surface area contributed by atoms with Gasteiger partial charge in [0.2, 0.25) is 0 Å². The van der Waals surface area contributed by atoms with Crippen molar-refractivity contribution in [3.8, 4) is 0 Å². The minimum Gasteiger partial charge on any atom is -0.391 e. The summed E-state index contributed by atoms with van der Waals surface area (Å²) < 4.78 is 2.81. The molecule has 2 aromatic rings. The number of aromatic nitrogens is 4. The van der Waals surface area contributed by atoms with Crippen LogP contribution in [0.25, 0.3) is 0 Å². The Hall–Kier alpha value is -2.68. The summed E-state index contributed by atoms with van der Waals surface area (Å²) in [6.45, 7) is 1.53. The Kier molecular flexibility index (Phi) is 6.17. The van der Waals surface area contributed by atoms with Crippen LogP contribution in [0.4, 0.5) is 11.6 Å². The topological polar surface area (TPSA) is 105 Å². The molecule has 3 heterocycles. The highest BCUT2D eigenvalue weighted by atomic mass is 16.3. The highest BCUT2D eigenvalue weighted by Gasteiger charge is 2.28. The van der Waals surface area contributed by atoms with Crippen molar-refractivity contribution < 1.29 is 5.11 Å². The molecule has 0 radical (unpaired) electrons. The SMILES string of the molecule is Cn1nc(NCC2CCCCN2c2ccc(=O)n(C3CCCCC3O)n2)ccc1=O. The van der Waals surface area contributed by atoms with E-state index in [1.165, 1.54) is 15.4 Å². The number of anilines is 2. The smallest absolute Gasteiger partial charge is 0.267 e. The first-order valence-electron chi connectivity index (χ1n) is 10.9. The Balaban J connectivity index is 1.53. The fourth-order valence-electron chi connectivity index (χ4n) is 4.52. The molecule has 4 rings (SSSR count). The number of nitrogens with zero attached hydrogens (tertiary/aromatic N) is 5. The maximum absolute atomic E-state index is 12.5. The van der Waals surface area contributed by atoms with E-state index < -0.39 is 6.10 Å². The number of aliphatic hydroxyl groups is 1. The maximum Gasteiger partial charge on any atom is 0.267 e. The zero-order valence-corrected chi connectivity index (χ0v) is 17.4. The van der Waals surface area contributed by atoms with Gasteiger partial charge in [0, 0.05) is 38.3 Å². The van der Waals surface area contributed by atoms with Crippen molar-refractivity contribution in [1.29, 1.82) is 0 Å². The summed E-state index contributed by atoms with van der Waals surface area (Å²) >= 11 is 0. The monoisotopic (exact) mass is 414 g/mol. The van der Waals surface area contributed by atoms with Crippen LogP contribution in [0.1, 0.15) is 51.0 Å². The van der Waals surface area contributed by atoms with Crippen LogP contribution in [-0.2, 0) is 7.05 Å². The summed E-state index contributed by atoms with van der Waals surface area (Å²) in [5.74, 6) is 1.43. The lowest BCUT2D eigenvalue weighted by atomic mass is 9.93. The van der Waals surface area contributed by atoms with Crippen LogP contribution in [0, 0.1) is 0 Å². The van der Waals surface area contributed by atoms with Crippen molar-refractivity contribution >= 4 is 11.6 Å². The third-order valence-corrected chi connectivity index (χ3v) is 6.22. The first-order chi connectivity index (χ1) is 14.5. The highest BCUT2D eigenvalue weighted by molar-refractivity contribution is 5.40. The van der Waals surface area contributed by atoms with E-state index in [0.29, 0.717) is 18.8 Å². The Bertz CT molecular complexity index is 987.